The highest BCUT2D eigenvalue weighted by molar-refractivity contribution is 8.23. The molecule has 1 heterocycles. The Morgan fingerprint density at radius 1 is 0.480 bits per heavy atom. The molecule has 9 rings (SSSR count). The lowest BCUT2D eigenvalue weighted by atomic mass is 9.50. The molecule has 8 saturated carbocycles. The Hall–Kier alpha value is 1.29. The van der Waals surface area contributed by atoms with Gasteiger partial charge in [-0.3, -0.25) is 0 Å². The van der Waals surface area contributed by atoms with Crippen molar-refractivity contribution >= 4 is 25.1 Å². The zero-order valence-electron chi connectivity index (χ0n) is 15.3. The molecule has 0 atom stereocenters. The lowest BCUT2D eigenvalue weighted by Gasteiger charge is -2.59. The Bertz CT molecular complexity index is 463. The molecule has 0 nitrogen and oxygen atoms in total. The van der Waals surface area contributed by atoms with E-state index in [1.54, 1.807) is 102 Å². The minimum absolute atomic E-state index is 0.717. The van der Waals surface area contributed by atoms with Crippen molar-refractivity contribution in [3.05, 3.63) is 10.8 Å². The van der Waals surface area contributed by atoms with Crippen LogP contribution in [-0.2, 0) is 0 Å². The normalized spacial score (nSPS) is 62.9. The van der Waals surface area contributed by atoms with Gasteiger partial charge in [-0.05, 0) is 140 Å². The van der Waals surface area contributed by atoms with Crippen LogP contribution in [0.5, 0.6) is 0 Å². The first-order valence-electron chi connectivity index (χ1n) is 11.1. The van der Waals surface area contributed by atoms with Gasteiger partial charge in [0, 0.05) is 10.8 Å². The summed E-state index contributed by atoms with van der Waals surface area (Å²) in [5.41, 5.74) is 1.43. The topological polar surface area (TPSA) is 0 Å². The van der Waals surface area contributed by atoms with Crippen LogP contribution in [0.25, 0.3) is 0 Å². The van der Waals surface area contributed by atoms with Crippen molar-refractivity contribution < 1.29 is 0 Å². The number of hydrogen-bond donors (Lipinski definition) is 0. The fourth-order valence-corrected chi connectivity index (χ4v) is 16.5. The number of rotatable bonds is 2. The summed E-state index contributed by atoms with van der Waals surface area (Å²) in [4.78, 5) is 0. The molecule has 9 aliphatic rings. The second kappa shape index (κ2) is 5.46. The van der Waals surface area contributed by atoms with Crippen LogP contribution in [0.3, 0.4) is 0 Å². The smallest absolute Gasteiger partial charge is 0.0445 e. The van der Waals surface area contributed by atoms with Gasteiger partial charge in [0.05, 0.1) is 0 Å². The lowest BCUT2D eigenvalue weighted by molar-refractivity contribution is -0.0329. The van der Waals surface area contributed by atoms with Crippen molar-refractivity contribution in [2.75, 3.05) is 0 Å². The monoisotopic (exact) mass is 387 g/mol. The molecule has 0 aromatic heterocycles. The largest absolute Gasteiger partial charge is 0.0523 e. The summed E-state index contributed by atoms with van der Waals surface area (Å²) in [6.45, 7) is 0. The van der Waals surface area contributed by atoms with Crippen molar-refractivity contribution in [3.63, 3.8) is 0 Å². The van der Waals surface area contributed by atoms with Gasteiger partial charge in [-0.2, -0.15) is 0 Å². The van der Waals surface area contributed by atoms with E-state index in [2.05, 4.69) is 0 Å². The molecule has 1 aliphatic heterocycles. The predicted octanol–water partition coefficient (Wildman–Crippen LogP) is 8.17. The van der Waals surface area contributed by atoms with E-state index in [1.165, 1.54) is 0 Å². The second-order valence-electron chi connectivity index (χ2n) is 11.4. The maximum Gasteiger partial charge on any atom is 0.0445 e. The zero-order valence-corrected chi connectivity index (χ0v) is 18.0. The predicted molar refractivity (Wildman–Crippen MR) is 108 cm³/mol. The molecule has 3 heteroatoms. The Morgan fingerprint density at radius 2 is 0.760 bits per heavy atom. The molecule has 8 bridgehead atoms. The molecule has 0 aromatic carbocycles. The third kappa shape index (κ3) is 2.36. The third-order valence-electron chi connectivity index (χ3n) is 9.48. The van der Waals surface area contributed by atoms with Crippen LogP contribution in [0.4, 0.5) is 0 Å². The van der Waals surface area contributed by atoms with E-state index < -0.39 is 0 Å². The summed E-state index contributed by atoms with van der Waals surface area (Å²) in [6, 6.07) is 0. The quantitative estimate of drug-likeness (QED) is 0.419. The summed E-state index contributed by atoms with van der Waals surface area (Å²) in [6.07, 6.45) is 19.2. The minimum Gasteiger partial charge on any atom is -0.0523 e. The highest BCUT2D eigenvalue weighted by Gasteiger charge is 2.60. The van der Waals surface area contributed by atoms with Gasteiger partial charge in [0.1, 0.15) is 0 Å². The summed E-state index contributed by atoms with van der Waals surface area (Å²) >= 11 is 0. The fourth-order valence-electron chi connectivity index (χ4n) is 9.46. The molecule has 0 N–H and O–H groups in total. The minimum atomic E-state index is 0.717. The Labute approximate surface area is 159 Å². The van der Waals surface area contributed by atoms with Crippen LogP contribution in [-0.4, -0.2) is 0 Å². The van der Waals surface area contributed by atoms with E-state index in [0.717, 1.165) is 46.3 Å². The first-order valence-corrected chi connectivity index (χ1v) is 14.5. The van der Waals surface area contributed by atoms with Gasteiger partial charge in [-0.25, -0.2) is 0 Å². The third-order valence-corrected chi connectivity index (χ3v) is 15.9. The molecule has 9 fully saturated rings. The molecular formula is C22H30P3. The maximum atomic E-state index is 2.03. The van der Waals surface area contributed by atoms with Crippen LogP contribution in [0.1, 0.15) is 77.0 Å². The molecule has 25 heavy (non-hydrogen) atoms. The van der Waals surface area contributed by atoms with Crippen LogP contribution in [0, 0.1) is 57.1 Å². The average Bonchev–Trinajstić information content (AvgIpc) is 3.04. The van der Waals surface area contributed by atoms with Crippen LogP contribution in [0.15, 0.2) is 0 Å². The van der Waals surface area contributed by atoms with Gasteiger partial charge >= 0.3 is 0 Å². The van der Waals surface area contributed by atoms with Gasteiger partial charge in [-0.1, -0.05) is 8.58 Å². The summed E-state index contributed by atoms with van der Waals surface area (Å²) in [5.74, 6) is 6.69. The van der Waals surface area contributed by atoms with E-state index >= 15 is 0 Å². The van der Waals surface area contributed by atoms with Gasteiger partial charge in [-0.15, -0.1) is 0 Å². The van der Waals surface area contributed by atoms with Crippen LogP contribution >= 0.6 is 25.1 Å². The van der Waals surface area contributed by atoms with E-state index in [0.29, 0.717) is 0 Å². The van der Waals surface area contributed by atoms with Crippen LogP contribution in [0.2, 0.25) is 0 Å². The standard InChI is InChI=1S/C22H30P3/c1-13-2-15-3-14(1)8-21(7-13,9-15)19-23-20(25-24-19)22-10-16-4-17(11-22)6-18(5-16)12-22/h13-18H,1-12H2. The van der Waals surface area contributed by atoms with E-state index in [1.807, 2.05) is 10.8 Å². The van der Waals surface area contributed by atoms with E-state index in [4.69, 9.17) is 0 Å². The molecular weight excluding hydrogens is 357 g/mol. The van der Waals surface area contributed by atoms with Gasteiger partial charge in [0.25, 0.3) is 0 Å². The molecule has 0 aromatic rings. The molecule has 0 unspecified atom stereocenters. The SMILES string of the molecule is C1C2CC3CC1CC([C]1[P][P][C](C45CC6CC(CC(C6)C4)C5)[P]1)(C2)C3. The molecule has 1 saturated heterocycles. The average molecular weight is 387 g/mol. The van der Waals surface area contributed by atoms with Crippen molar-refractivity contribution in [1.82, 2.24) is 0 Å². The van der Waals surface area contributed by atoms with Crippen molar-refractivity contribution in [2.24, 2.45) is 46.3 Å². The van der Waals surface area contributed by atoms with E-state index in [9.17, 15) is 0 Å². The van der Waals surface area contributed by atoms with Crippen molar-refractivity contribution in [3.8, 4) is 0 Å². The first kappa shape index (κ1) is 16.1. The molecule has 0 spiro atoms. The van der Waals surface area contributed by atoms with Crippen molar-refractivity contribution in [1.29, 1.82) is 0 Å². The second-order valence-corrected chi connectivity index (χ2v) is 15.7. The van der Waals surface area contributed by atoms with E-state index in [-0.39, 0.29) is 0 Å². The van der Waals surface area contributed by atoms with Crippen molar-refractivity contribution in [2.45, 2.75) is 77.0 Å². The Morgan fingerprint density at radius 3 is 1.04 bits per heavy atom. The van der Waals surface area contributed by atoms with Crippen LogP contribution < -0.4 is 0 Å². The summed E-state index contributed by atoms with van der Waals surface area (Å²) in [5, 5.41) is 4.05. The summed E-state index contributed by atoms with van der Waals surface area (Å²) < 4.78 is 0. The highest BCUT2D eigenvalue weighted by Crippen LogP contribution is 2.86. The maximum absolute atomic E-state index is 2.03. The molecule has 0 amide bonds. The number of hydrogen-bond acceptors (Lipinski definition) is 0. The molecule has 5 radical (unpaired) electrons. The molecule has 133 valence electrons. The van der Waals surface area contributed by atoms with Gasteiger partial charge in [0.15, 0.2) is 0 Å². The Balaban J connectivity index is 1.14. The van der Waals surface area contributed by atoms with Gasteiger partial charge in [0.2, 0.25) is 0 Å². The Kier molecular flexibility index (Phi) is 3.52. The lowest BCUT2D eigenvalue weighted by Crippen LogP contribution is -2.48. The summed E-state index contributed by atoms with van der Waals surface area (Å²) in [7, 11) is 5.31. The van der Waals surface area contributed by atoms with Gasteiger partial charge < -0.3 is 0 Å². The molecule has 8 aliphatic carbocycles. The highest BCUT2D eigenvalue weighted by atomic mass is 32.0. The first-order chi connectivity index (χ1) is 12.2. The zero-order chi connectivity index (χ0) is 16.2. The fraction of sp³-hybridized carbons (Fsp3) is 0.909.